The van der Waals surface area contributed by atoms with Crippen molar-refractivity contribution in [2.75, 3.05) is 25.0 Å². The maximum absolute atomic E-state index is 13.4. The largest absolute Gasteiger partial charge is 0.312 e. The first-order valence-corrected chi connectivity index (χ1v) is 12.4. The molecule has 0 unspecified atom stereocenters. The van der Waals surface area contributed by atoms with E-state index >= 15 is 0 Å². The molecule has 33 heavy (non-hydrogen) atoms. The third-order valence-electron chi connectivity index (χ3n) is 5.93. The minimum absolute atomic E-state index is 0.0389. The van der Waals surface area contributed by atoms with E-state index in [-0.39, 0.29) is 16.6 Å². The third kappa shape index (κ3) is 4.99. The molecule has 0 fully saturated rings. The van der Waals surface area contributed by atoms with E-state index in [1.54, 1.807) is 42.3 Å². The van der Waals surface area contributed by atoms with Gasteiger partial charge in [-0.25, -0.2) is 17.1 Å². The summed E-state index contributed by atoms with van der Waals surface area (Å²) in [4.78, 5) is 13.8. The van der Waals surface area contributed by atoms with Gasteiger partial charge in [-0.15, -0.1) is 0 Å². The van der Waals surface area contributed by atoms with Gasteiger partial charge in [0.25, 0.3) is 0 Å². The summed E-state index contributed by atoms with van der Waals surface area (Å²) in [5, 5.41) is 7.17. The van der Waals surface area contributed by atoms with E-state index in [1.807, 2.05) is 6.07 Å². The zero-order valence-corrected chi connectivity index (χ0v) is 19.5. The van der Waals surface area contributed by atoms with Gasteiger partial charge in [-0.3, -0.25) is 9.89 Å². The number of aromatic nitrogens is 2. The van der Waals surface area contributed by atoms with E-state index in [2.05, 4.69) is 10.2 Å². The highest BCUT2D eigenvalue weighted by Crippen LogP contribution is 2.30. The minimum Gasteiger partial charge on any atom is -0.312 e. The van der Waals surface area contributed by atoms with Crippen LogP contribution in [0.5, 0.6) is 0 Å². The maximum atomic E-state index is 13.4. The number of H-pyrrole nitrogens is 1. The first-order chi connectivity index (χ1) is 15.8. The normalized spacial score (nSPS) is 13.9. The summed E-state index contributed by atoms with van der Waals surface area (Å²) < 4.78 is 41.0. The zero-order valence-electron chi connectivity index (χ0n) is 18.7. The molecule has 1 N–H and O–H groups in total. The summed E-state index contributed by atoms with van der Waals surface area (Å²) in [5.74, 6) is -0.358. The van der Waals surface area contributed by atoms with Crippen LogP contribution in [0.15, 0.2) is 53.4 Å². The number of halogens is 1. The molecule has 0 spiro atoms. The van der Waals surface area contributed by atoms with Gasteiger partial charge in [0.1, 0.15) is 5.82 Å². The number of amides is 1. The molecule has 1 aliphatic rings. The van der Waals surface area contributed by atoms with Gasteiger partial charge in [-0.05, 0) is 67.6 Å². The van der Waals surface area contributed by atoms with Crippen molar-refractivity contribution in [3.63, 3.8) is 0 Å². The highest BCUT2D eigenvalue weighted by Gasteiger charge is 2.25. The molecule has 0 saturated heterocycles. The second-order valence-corrected chi connectivity index (χ2v) is 10.3. The Kier molecular flexibility index (Phi) is 6.62. The molecule has 4 rings (SSSR count). The quantitative estimate of drug-likeness (QED) is 0.570. The summed E-state index contributed by atoms with van der Waals surface area (Å²) in [5.41, 5.74) is 3.88. The van der Waals surface area contributed by atoms with Gasteiger partial charge in [0.15, 0.2) is 0 Å². The Bertz CT molecular complexity index is 1270. The van der Waals surface area contributed by atoms with Crippen LogP contribution in [-0.4, -0.2) is 49.0 Å². The molecule has 0 atom stereocenters. The summed E-state index contributed by atoms with van der Waals surface area (Å²) >= 11 is 0. The highest BCUT2D eigenvalue weighted by molar-refractivity contribution is 7.89. The number of hydrogen-bond acceptors (Lipinski definition) is 4. The highest BCUT2D eigenvalue weighted by atomic mass is 32.2. The van der Waals surface area contributed by atoms with Crippen LogP contribution in [0, 0.1) is 5.82 Å². The molecule has 0 saturated carbocycles. The molecule has 9 heteroatoms. The molecule has 2 heterocycles. The smallest absolute Gasteiger partial charge is 0.242 e. The summed E-state index contributed by atoms with van der Waals surface area (Å²) in [7, 11) is -2.07. The molecule has 0 radical (unpaired) electrons. The molecule has 1 aliphatic heterocycles. The number of carbonyl (C=O) groups excluding carboxylic acids is 1. The van der Waals surface area contributed by atoms with E-state index in [9.17, 15) is 17.6 Å². The van der Waals surface area contributed by atoms with Crippen LogP contribution in [0.1, 0.15) is 31.0 Å². The fraction of sp³-hybridized carbons (Fsp3) is 0.333. The lowest BCUT2D eigenvalue weighted by atomic mass is 10.0. The molecular formula is C24H27FN4O3S. The molecule has 174 valence electrons. The topological polar surface area (TPSA) is 86.4 Å². The van der Waals surface area contributed by atoms with Crippen molar-refractivity contribution in [3.8, 4) is 11.3 Å². The second-order valence-electron chi connectivity index (χ2n) is 8.28. The zero-order chi connectivity index (χ0) is 23.6. The Morgan fingerprint density at radius 3 is 2.79 bits per heavy atom. The number of nitrogens with one attached hydrogen (secondary N) is 1. The Hall–Kier alpha value is -3.04. The van der Waals surface area contributed by atoms with Crippen molar-refractivity contribution in [1.29, 1.82) is 0 Å². The van der Waals surface area contributed by atoms with Gasteiger partial charge in [0.05, 0.1) is 10.6 Å². The number of carbonyl (C=O) groups is 1. The molecule has 0 bridgehead atoms. The number of sulfonamides is 1. The number of anilines is 1. The van der Waals surface area contributed by atoms with Gasteiger partial charge in [0, 0.05) is 44.0 Å². The average molecular weight is 471 g/mol. The minimum atomic E-state index is -3.64. The van der Waals surface area contributed by atoms with Gasteiger partial charge >= 0.3 is 0 Å². The molecular weight excluding hydrogens is 443 g/mol. The number of nitrogens with zero attached hydrogens (tertiary/aromatic N) is 3. The lowest BCUT2D eigenvalue weighted by Gasteiger charge is -2.29. The van der Waals surface area contributed by atoms with Crippen LogP contribution < -0.4 is 4.90 Å². The number of fused-ring (bicyclic) bond motifs is 1. The van der Waals surface area contributed by atoms with E-state index < -0.39 is 10.0 Å². The van der Waals surface area contributed by atoms with Crippen molar-refractivity contribution in [2.24, 2.45) is 0 Å². The number of aromatic amines is 1. The number of hydrogen-bond donors (Lipinski definition) is 1. The molecule has 7 nitrogen and oxygen atoms in total. The maximum Gasteiger partial charge on any atom is 0.242 e. The van der Waals surface area contributed by atoms with Gasteiger partial charge in [0.2, 0.25) is 15.9 Å². The number of aryl methyl sites for hydroxylation is 2. The Morgan fingerprint density at radius 2 is 2.03 bits per heavy atom. The van der Waals surface area contributed by atoms with E-state index in [1.165, 1.54) is 23.4 Å². The Morgan fingerprint density at radius 1 is 1.21 bits per heavy atom. The van der Waals surface area contributed by atoms with E-state index in [0.717, 1.165) is 29.8 Å². The predicted molar refractivity (Wildman–Crippen MR) is 125 cm³/mol. The lowest BCUT2D eigenvalue weighted by Crippen LogP contribution is -2.34. The predicted octanol–water partition coefficient (Wildman–Crippen LogP) is 3.77. The molecule has 3 aromatic rings. The van der Waals surface area contributed by atoms with Crippen molar-refractivity contribution < 1.29 is 17.6 Å². The molecule has 2 aromatic carbocycles. The van der Waals surface area contributed by atoms with Crippen LogP contribution >= 0.6 is 0 Å². The van der Waals surface area contributed by atoms with Crippen LogP contribution in [0.4, 0.5) is 10.1 Å². The summed E-state index contributed by atoms with van der Waals surface area (Å²) in [6.07, 6.45) is 2.77. The van der Waals surface area contributed by atoms with Gasteiger partial charge in [-0.2, -0.15) is 5.10 Å². The summed E-state index contributed by atoms with van der Waals surface area (Å²) in [6, 6.07) is 13.1. The number of benzene rings is 2. The molecule has 1 aromatic heterocycles. The fourth-order valence-electron chi connectivity index (χ4n) is 4.14. The second kappa shape index (κ2) is 9.44. The fourth-order valence-corrected chi connectivity index (χ4v) is 5.40. The first-order valence-electron chi connectivity index (χ1n) is 10.9. The Balaban J connectivity index is 1.39. The Labute approximate surface area is 193 Å². The SMILES string of the molecule is CC(=O)N1CCCc2cc(S(=O)(=O)N(C)CCCc3cc(-c4cccc(F)c4)n[nH]3)ccc21. The average Bonchev–Trinajstić information content (AvgIpc) is 3.27. The van der Waals surface area contributed by atoms with Crippen LogP contribution in [0.2, 0.25) is 0 Å². The van der Waals surface area contributed by atoms with Crippen molar-refractivity contribution >= 4 is 21.6 Å². The first kappa shape index (κ1) is 23.1. The summed E-state index contributed by atoms with van der Waals surface area (Å²) in [6.45, 7) is 2.52. The van der Waals surface area contributed by atoms with E-state index in [4.69, 9.17) is 0 Å². The van der Waals surface area contributed by atoms with Crippen LogP contribution in [-0.2, 0) is 27.7 Å². The van der Waals surface area contributed by atoms with Gasteiger partial charge in [-0.1, -0.05) is 12.1 Å². The molecule has 0 aliphatic carbocycles. The molecule has 1 amide bonds. The standard InChI is InChI=1S/C24H27FN4O3S/c1-17(30)29-13-4-7-19-15-22(10-11-24(19)29)33(31,32)28(2)12-5-9-21-16-23(27-26-21)18-6-3-8-20(25)14-18/h3,6,8,10-11,14-16H,4-5,7,9,12-13H2,1-2H3,(H,26,27). The van der Waals surface area contributed by atoms with Gasteiger partial charge < -0.3 is 4.90 Å². The van der Waals surface area contributed by atoms with Crippen molar-refractivity contribution in [1.82, 2.24) is 14.5 Å². The van der Waals surface area contributed by atoms with E-state index in [0.29, 0.717) is 37.2 Å². The lowest BCUT2D eigenvalue weighted by molar-refractivity contribution is -0.116. The van der Waals surface area contributed by atoms with Crippen molar-refractivity contribution in [2.45, 2.75) is 37.5 Å². The third-order valence-corrected chi connectivity index (χ3v) is 7.78. The van der Waals surface area contributed by atoms with Crippen LogP contribution in [0.25, 0.3) is 11.3 Å². The van der Waals surface area contributed by atoms with Crippen LogP contribution in [0.3, 0.4) is 0 Å². The monoisotopic (exact) mass is 470 g/mol. The van der Waals surface area contributed by atoms with Crippen molar-refractivity contribution in [3.05, 3.63) is 65.6 Å². The number of rotatable bonds is 7.